The van der Waals surface area contributed by atoms with E-state index in [9.17, 15) is 13.5 Å². The number of benzene rings is 2. The highest BCUT2D eigenvalue weighted by atomic mass is 32.2. The zero-order chi connectivity index (χ0) is 15.5. The Morgan fingerprint density at radius 3 is 2.24 bits per heavy atom. The van der Waals surface area contributed by atoms with Gasteiger partial charge in [0.25, 0.3) is 0 Å². The van der Waals surface area contributed by atoms with Gasteiger partial charge < -0.3 is 14.6 Å². The van der Waals surface area contributed by atoms with Gasteiger partial charge in [-0.3, -0.25) is 4.72 Å². The number of anilines is 1. The number of sulfonamides is 1. The Hall–Kier alpha value is -2.41. The van der Waals surface area contributed by atoms with Crippen LogP contribution in [-0.4, -0.2) is 26.9 Å². The summed E-state index contributed by atoms with van der Waals surface area (Å²) in [5, 5.41) is 9.46. The van der Waals surface area contributed by atoms with E-state index in [-0.39, 0.29) is 17.2 Å². The summed E-state index contributed by atoms with van der Waals surface area (Å²) >= 11 is 0. The lowest BCUT2D eigenvalue weighted by Crippen LogP contribution is -2.10. The summed E-state index contributed by atoms with van der Waals surface area (Å²) in [7, 11) is -1.92. The topological polar surface area (TPSA) is 84.9 Å². The Bertz CT molecular complexity index is 726. The second-order valence-corrected chi connectivity index (χ2v) is 6.08. The highest BCUT2D eigenvalue weighted by Crippen LogP contribution is 2.33. The van der Waals surface area contributed by atoms with Crippen molar-refractivity contribution >= 4 is 15.7 Å². The van der Waals surface area contributed by atoms with E-state index >= 15 is 0 Å². The molecule has 0 bridgehead atoms. The number of phenolic OH excluding ortho intramolecular Hbond substituents is 1. The maximum Gasteiger partial charge on any atom is 0.229 e. The third kappa shape index (κ3) is 4.28. The molecule has 0 saturated heterocycles. The van der Waals surface area contributed by atoms with Crippen molar-refractivity contribution in [3.63, 3.8) is 0 Å². The second kappa shape index (κ2) is 5.92. The number of phenols is 1. The fraction of sp³-hybridized carbons (Fsp3) is 0.143. The third-order valence-electron chi connectivity index (χ3n) is 2.55. The number of nitrogens with one attached hydrogen (secondary N) is 1. The standard InChI is InChI=1S/C14H15NO5S/c1-19-11-4-6-12(7-5-11)20-14-8-3-10(16)9-13(14)15-21(2,17)18/h3-9,15-16H,1-2H3. The van der Waals surface area contributed by atoms with Gasteiger partial charge in [-0.05, 0) is 36.4 Å². The van der Waals surface area contributed by atoms with Crippen LogP contribution in [0.4, 0.5) is 5.69 Å². The molecule has 0 spiro atoms. The Morgan fingerprint density at radius 2 is 1.67 bits per heavy atom. The van der Waals surface area contributed by atoms with Gasteiger partial charge >= 0.3 is 0 Å². The summed E-state index contributed by atoms with van der Waals surface area (Å²) < 4.78 is 35.6. The molecule has 0 atom stereocenters. The predicted octanol–water partition coefficient (Wildman–Crippen LogP) is 2.56. The van der Waals surface area contributed by atoms with Crippen LogP contribution in [0.5, 0.6) is 23.0 Å². The fourth-order valence-electron chi connectivity index (χ4n) is 1.66. The first-order valence-corrected chi connectivity index (χ1v) is 7.89. The lowest BCUT2D eigenvalue weighted by Gasteiger charge is -2.12. The van der Waals surface area contributed by atoms with Crippen molar-refractivity contribution in [2.75, 3.05) is 18.1 Å². The predicted molar refractivity (Wildman–Crippen MR) is 79.6 cm³/mol. The summed E-state index contributed by atoms with van der Waals surface area (Å²) in [6.45, 7) is 0. The molecule has 0 aromatic heterocycles. The number of hydrogen-bond acceptors (Lipinski definition) is 5. The number of ether oxygens (including phenoxy) is 2. The molecule has 0 saturated carbocycles. The third-order valence-corrected chi connectivity index (χ3v) is 3.14. The summed E-state index contributed by atoms with van der Waals surface area (Å²) in [6.07, 6.45) is 1.02. The number of hydrogen-bond donors (Lipinski definition) is 2. The molecule has 0 aliphatic rings. The second-order valence-electron chi connectivity index (χ2n) is 4.33. The van der Waals surface area contributed by atoms with E-state index in [1.807, 2.05) is 0 Å². The van der Waals surface area contributed by atoms with Crippen LogP contribution in [0.3, 0.4) is 0 Å². The van der Waals surface area contributed by atoms with Crippen molar-refractivity contribution in [1.29, 1.82) is 0 Å². The van der Waals surface area contributed by atoms with E-state index in [1.54, 1.807) is 31.4 Å². The smallest absolute Gasteiger partial charge is 0.229 e. The van der Waals surface area contributed by atoms with Gasteiger partial charge in [0, 0.05) is 6.07 Å². The van der Waals surface area contributed by atoms with Crippen LogP contribution < -0.4 is 14.2 Å². The molecule has 112 valence electrons. The van der Waals surface area contributed by atoms with Gasteiger partial charge in [-0.25, -0.2) is 8.42 Å². The number of aromatic hydroxyl groups is 1. The summed E-state index contributed by atoms with van der Waals surface area (Å²) in [4.78, 5) is 0. The van der Waals surface area contributed by atoms with Crippen molar-refractivity contribution in [2.24, 2.45) is 0 Å². The molecule has 2 rings (SSSR count). The molecule has 0 aliphatic carbocycles. The molecule has 2 aromatic rings. The van der Waals surface area contributed by atoms with Crippen LogP contribution in [0.25, 0.3) is 0 Å². The van der Waals surface area contributed by atoms with E-state index in [4.69, 9.17) is 9.47 Å². The Morgan fingerprint density at radius 1 is 1.05 bits per heavy atom. The van der Waals surface area contributed by atoms with Crippen LogP contribution in [0.1, 0.15) is 0 Å². The minimum atomic E-state index is -3.48. The molecule has 2 aromatic carbocycles. The van der Waals surface area contributed by atoms with Crippen molar-refractivity contribution in [3.05, 3.63) is 42.5 Å². The molecule has 0 amide bonds. The zero-order valence-electron chi connectivity index (χ0n) is 11.5. The van der Waals surface area contributed by atoms with Crippen molar-refractivity contribution in [2.45, 2.75) is 0 Å². The van der Waals surface area contributed by atoms with Gasteiger partial charge in [0.1, 0.15) is 17.2 Å². The molecular weight excluding hydrogens is 294 g/mol. The molecule has 0 heterocycles. The lowest BCUT2D eigenvalue weighted by atomic mass is 10.2. The van der Waals surface area contributed by atoms with E-state index in [0.717, 1.165) is 6.26 Å². The number of rotatable bonds is 5. The van der Waals surface area contributed by atoms with Crippen LogP contribution in [0, 0.1) is 0 Å². The van der Waals surface area contributed by atoms with Crippen LogP contribution >= 0.6 is 0 Å². The summed E-state index contributed by atoms with van der Waals surface area (Å²) in [5.74, 6) is 1.41. The minimum absolute atomic E-state index is 0.0665. The van der Waals surface area contributed by atoms with Gasteiger partial charge in [-0.15, -0.1) is 0 Å². The highest BCUT2D eigenvalue weighted by molar-refractivity contribution is 7.92. The van der Waals surface area contributed by atoms with Crippen molar-refractivity contribution < 1.29 is 23.0 Å². The van der Waals surface area contributed by atoms with Crippen molar-refractivity contribution in [3.8, 4) is 23.0 Å². The van der Waals surface area contributed by atoms with Crippen molar-refractivity contribution in [1.82, 2.24) is 0 Å². The van der Waals surface area contributed by atoms with E-state index in [1.165, 1.54) is 18.2 Å². The molecule has 6 nitrogen and oxygen atoms in total. The largest absolute Gasteiger partial charge is 0.508 e. The van der Waals surface area contributed by atoms with Gasteiger partial charge in [0.05, 0.1) is 19.1 Å². The van der Waals surface area contributed by atoms with Crippen LogP contribution in [0.2, 0.25) is 0 Å². The van der Waals surface area contributed by atoms with Gasteiger partial charge in [-0.1, -0.05) is 0 Å². The molecule has 2 N–H and O–H groups in total. The van der Waals surface area contributed by atoms with Gasteiger partial charge in [0.15, 0.2) is 5.75 Å². The molecule has 0 radical (unpaired) electrons. The molecule has 7 heteroatoms. The van der Waals surface area contributed by atoms with E-state index in [2.05, 4.69) is 4.72 Å². The average molecular weight is 309 g/mol. The Labute approximate surface area is 123 Å². The fourth-order valence-corrected chi connectivity index (χ4v) is 2.22. The molecule has 0 unspecified atom stereocenters. The summed E-state index contributed by atoms with van der Waals surface area (Å²) in [6, 6.07) is 11.0. The molecular formula is C14H15NO5S. The lowest BCUT2D eigenvalue weighted by molar-refractivity contribution is 0.413. The zero-order valence-corrected chi connectivity index (χ0v) is 12.3. The first kappa shape index (κ1) is 15.0. The van der Waals surface area contributed by atoms with Gasteiger partial charge in [0.2, 0.25) is 10.0 Å². The first-order valence-electron chi connectivity index (χ1n) is 6.00. The first-order chi connectivity index (χ1) is 9.87. The number of methoxy groups -OCH3 is 1. The molecule has 21 heavy (non-hydrogen) atoms. The average Bonchev–Trinajstić information content (AvgIpc) is 2.41. The maximum absolute atomic E-state index is 11.3. The quantitative estimate of drug-likeness (QED) is 0.886. The van der Waals surface area contributed by atoms with Crippen LogP contribution in [0.15, 0.2) is 42.5 Å². The highest BCUT2D eigenvalue weighted by Gasteiger charge is 2.11. The summed E-state index contributed by atoms with van der Waals surface area (Å²) in [5.41, 5.74) is 0.160. The molecule has 0 aliphatic heterocycles. The Kier molecular flexibility index (Phi) is 4.23. The van der Waals surface area contributed by atoms with E-state index < -0.39 is 10.0 Å². The van der Waals surface area contributed by atoms with Gasteiger partial charge in [-0.2, -0.15) is 0 Å². The normalized spacial score (nSPS) is 11.0. The van der Waals surface area contributed by atoms with E-state index in [0.29, 0.717) is 11.5 Å². The Balaban J connectivity index is 2.30. The molecule has 0 fully saturated rings. The van der Waals surface area contributed by atoms with Crippen LogP contribution in [-0.2, 0) is 10.0 Å². The maximum atomic E-state index is 11.3. The monoisotopic (exact) mass is 309 g/mol. The minimum Gasteiger partial charge on any atom is -0.508 e. The SMILES string of the molecule is COc1ccc(Oc2ccc(O)cc2NS(C)(=O)=O)cc1.